The van der Waals surface area contributed by atoms with Crippen LogP contribution in [0.5, 0.6) is 0 Å². The molecular formula is C14H24N2S. The molecule has 0 aromatic carbocycles. The largest absolute Gasteiger partial charge is 0.309 e. The molecule has 2 rings (SSSR count). The van der Waals surface area contributed by atoms with E-state index in [1.807, 2.05) is 0 Å². The summed E-state index contributed by atoms with van der Waals surface area (Å²) in [5, 5.41) is 7.09. The summed E-state index contributed by atoms with van der Waals surface area (Å²) in [5.74, 6) is 0.923. The standard InChI is InChI=1S/C14H24N2S/c1-3-8-15-13(9-12-6-4-5-7-12)14-10-17-11(2)16-14/h10,12-13,15H,3-9H2,1-2H3. The number of rotatable bonds is 6. The van der Waals surface area contributed by atoms with Crippen LogP contribution in [0.3, 0.4) is 0 Å². The van der Waals surface area contributed by atoms with Crippen LogP contribution in [0, 0.1) is 12.8 Å². The van der Waals surface area contributed by atoms with Gasteiger partial charge in [0.25, 0.3) is 0 Å². The molecule has 0 aliphatic heterocycles. The first kappa shape index (κ1) is 13.0. The van der Waals surface area contributed by atoms with Crippen LogP contribution in [0.25, 0.3) is 0 Å². The van der Waals surface area contributed by atoms with Gasteiger partial charge in [0.15, 0.2) is 0 Å². The second kappa shape index (κ2) is 6.50. The first-order chi connectivity index (χ1) is 8.29. The Kier molecular flexibility index (Phi) is 4.99. The molecule has 1 saturated carbocycles. The van der Waals surface area contributed by atoms with Crippen molar-refractivity contribution in [1.29, 1.82) is 0 Å². The number of nitrogens with zero attached hydrogens (tertiary/aromatic N) is 1. The minimum absolute atomic E-state index is 0.489. The average Bonchev–Trinajstić information content (AvgIpc) is 2.95. The summed E-state index contributed by atoms with van der Waals surface area (Å²) in [7, 11) is 0. The monoisotopic (exact) mass is 252 g/mol. The molecule has 17 heavy (non-hydrogen) atoms. The maximum atomic E-state index is 4.66. The van der Waals surface area contributed by atoms with Gasteiger partial charge in [-0.05, 0) is 32.2 Å². The third kappa shape index (κ3) is 3.78. The van der Waals surface area contributed by atoms with E-state index in [4.69, 9.17) is 0 Å². The molecule has 2 nitrogen and oxygen atoms in total. The topological polar surface area (TPSA) is 24.9 Å². The molecule has 0 amide bonds. The Morgan fingerprint density at radius 1 is 1.47 bits per heavy atom. The van der Waals surface area contributed by atoms with Crippen molar-refractivity contribution in [1.82, 2.24) is 10.3 Å². The van der Waals surface area contributed by atoms with E-state index in [1.165, 1.54) is 49.2 Å². The molecule has 1 aliphatic carbocycles. The van der Waals surface area contributed by atoms with Gasteiger partial charge in [-0.2, -0.15) is 0 Å². The van der Waals surface area contributed by atoms with Gasteiger partial charge in [0.2, 0.25) is 0 Å². The van der Waals surface area contributed by atoms with E-state index < -0.39 is 0 Å². The van der Waals surface area contributed by atoms with E-state index in [0.29, 0.717) is 6.04 Å². The van der Waals surface area contributed by atoms with Crippen LogP contribution in [-0.4, -0.2) is 11.5 Å². The normalized spacial score (nSPS) is 18.7. The maximum Gasteiger partial charge on any atom is 0.0898 e. The first-order valence-electron chi connectivity index (χ1n) is 6.95. The van der Waals surface area contributed by atoms with E-state index in [2.05, 4.69) is 29.5 Å². The fourth-order valence-corrected chi connectivity index (χ4v) is 3.41. The summed E-state index contributed by atoms with van der Waals surface area (Å²) in [4.78, 5) is 4.66. The van der Waals surface area contributed by atoms with Crippen molar-refractivity contribution in [3.63, 3.8) is 0 Å². The Hall–Kier alpha value is -0.410. The summed E-state index contributed by atoms with van der Waals surface area (Å²) < 4.78 is 0. The predicted octanol–water partition coefficient (Wildman–Crippen LogP) is 4.07. The molecule has 0 saturated heterocycles. The van der Waals surface area contributed by atoms with Gasteiger partial charge in [-0.1, -0.05) is 32.6 Å². The third-order valence-corrected chi connectivity index (χ3v) is 4.47. The summed E-state index contributed by atoms with van der Waals surface area (Å²) in [5.41, 5.74) is 1.27. The SMILES string of the molecule is CCCNC(CC1CCCC1)c1csc(C)n1. The van der Waals surface area contributed by atoms with Gasteiger partial charge in [0.1, 0.15) is 0 Å². The van der Waals surface area contributed by atoms with Crippen molar-refractivity contribution in [2.24, 2.45) is 5.92 Å². The Morgan fingerprint density at radius 3 is 2.82 bits per heavy atom. The third-order valence-electron chi connectivity index (χ3n) is 3.68. The van der Waals surface area contributed by atoms with E-state index in [0.717, 1.165) is 12.5 Å². The lowest BCUT2D eigenvalue weighted by molar-refractivity contribution is 0.390. The van der Waals surface area contributed by atoms with Crippen molar-refractivity contribution >= 4 is 11.3 Å². The van der Waals surface area contributed by atoms with E-state index in [9.17, 15) is 0 Å². The zero-order chi connectivity index (χ0) is 12.1. The van der Waals surface area contributed by atoms with E-state index in [1.54, 1.807) is 11.3 Å². The van der Waals surface area contributed by atoms with Crippen LogP contribution in [0.1, 0.15) is 62.2 Å². The molecule has 1 aromatic rings. The fourth-order valence-electron chi connectivity index (χ4n) is 2.75. The van der Waals surface area contributed by atoms with E-state index >= 15 is 0 Å². The summed E-state index contributed by atoms with van der Waals surface area (Å²) in [6.45, 7) is 5.43. The lowest BCUT2D eigenvalue weighted by Crippen LogP contribution is -2.24. The van der Waals surface area contributed by atoms with Crippen molar-refractivity contribution in [3.8, 4) is 0 Å². The molecule has 1 unspecified atom stereocenters. The number of aromatic nitrogens is 1. The Balaban J connectivity index is 1.96. The molecule has 0 bridgehead atoms. The van der Waals surface area contributed by atoms with Gasteiger partial charge in [-0.15, -0.1) is 11.3 Å². The Labute approximate surface area is 109 Å². The van der Waals surface area contributed by atoms with Gasteiger partial charge in [-0.25, -0.2) is 4.98 Å². The minimum atomic E-state index is 0.489. The number of thiazole rings is 1. The second-order valence-corrected chi connectivity index (χ2v) is 6.25. The predicted molar refractivity (Wildman–Crippen MR) is 74.5 cm³/mol. The lowest BCUT2D eigenvalue weighted by Gasteiger charge is -2.20. The summed E-state index contributed by atoms with van der Waals surface area (Å²) in [6, 6.07) is 0.489. The van der Waals surface area contributed by atoms with Crippen LogP contribution in [0.4, 0.5) is 0 Å². The van der Waals surface area contributed by atoms with Crippen LogP contribution >= 0.6 is 11.3 Å². The molecule has 1 heterocycles. The number of hydrogen-bond acceptors (Lipinski definition) is 3. The molecule has 1 fully saturated rings. The van der Waals surface area contributed by atoms with Crippen LogP contribution in [-0.2, 0) is 0 Å². The molecule has 1 aliphatic rings. The zero-order valence-electron chi connectivity index (χ0n) is 11.0. The average molecular weight is 252 g/mol. The van der Waals surface area contributed by atoms with Crippen LogP contribution in [0.15, 0.2) is 5.38 Å². The van der Waals surface area contributed by atoms with Crippen LogP contribution < -0.4 is 5.32 Å². The van der Waals surface area contributed by atoms with E-state index in [-0.39, 0.29) is 0 Å². The molecule has 0 spiro atoms. The molecule has 1 atom stereocenters. The fraction of sp³-hybridized carbons (Fsp3) is 0.786. The molecule has 96 valence electrons. The van der Waals surface area contributed by atoms with Crippen molar-refractivity contribution in [3.05, 3.63) is 16.1 Å². The highest BCUT2D eigenvalue weighted by Gasteiger charge is 2.22. The van der Waals surface area contributed by atoms with Crippen molar-refractivity contribution < 1.29 is 0 Å². The van der Waals surface area contributed by atoms with Gasteiger partial charge in [0, 0.05) is 5.38 Å². The highest BCUT2D eigenvalue weighted by molar-refractivity contribution is 7.09. The highest BCUT2D eigenvalue weighted by Crippen LogP contribution is 2.33. The quantitative estimate of drug-likeness (QED) is 0.825. The smallest absolute Gasteiger partial charge is 0.0898 e. The van der Waals surface area contributed by atoms with Crippen molar-refractivity contribution in [2.75, 3.05) is 6.54 Å². The van der Waals surface area contributed by atoms with Gasteiger partial charge >= 0.3 is 0 Å². The number of hydrogen-bond donors (Lipinski definition) is 1. The molecule has 1 aromatic heterocycles. The van der Waals surface area contributed by atoms with Gasteiger partial charge < -0.3 is 5.32 Å². The van der Waals surface area contributed by atoms with Gasteiger partial charge in [-0.3, -0.25) is 0 Å². The Bertz CT molecular complexity index is 329. The van der Waals surface area contributed by atoms with Crippen LogP contribution in [0.2, 0.25) is 0 Å². The zero-order valence-corrected chi connectivity index (χ0v) is 11.9. The summed E-state index contributed by atoms with van der Waals surface area (Å²) in [6.07, 6.45) is 8.19. The summed E-state index contributed by atoms with van der Waals surface area (Å²) >= 11 is 1.77. The molecule has 0 radical (unpaired) electrons. The van der Waals surface area contributed by atoms with Crippen molar-refractivity contribution in [2.45, 2.75) is 58.4 Å². The first-order valence-corrected chi connectivity index (χ1v) is 7.83. The molecule has 3 heteroatoms. The second-order valence-electron chi connectivity index (χ2n) is 5.18. The minimum Gasteiger partial charge on any atom is -0.309 e. The number of nitrogens with one attached hydrogen (secondary N) is 1. The highest BCUT2D eigenvalue weighted by atomic mass is 32.1. The molecular weight excluding hydrogens is 228 g/mol. The maximum absolute atomic E-state index is 4.66. The number of aryl methyl sites for hydroxylation is 1. The van der Waals surface area contributed by atoms with Gasteiger partial charge in [0.05, 0.1) is 16.7 Å². The lowest BCUT2D eigenvalue weighted by atomic mass is 9.97. The molecule has 1 N–H and O–H groups in total. The Morgan fingerprint density at radius 2 is 2.24 bits per heavy atom.